The molecule has 5 nitrogen and oxygen atoms in total. The van der Waals surface area contributed by atoms with Crippen molar-refractivity contribution in [2.24, 2.45) is 0 Å². The first-order chi connectivity index (χ1) is 18.0. The summed E-state index contributed by atoms with van der Waals surface area (Å²) in [6, 6.07) is 17.1. The Morgan fingerprint density at radius 1 is 1.00 bits per heavy atom. The lowest BCUT2D eigenvalue weighted by molar-refractivity contribution is -0.136. The number of aliphatic hydroxyl groups is 1. The number of rotatable bonds is 9. The van der Waals surface area contributed by atoms with Crippen molar-refractivity contribution in [1.29, 1.82) is 0 Å². The number of hydrogen-bond donors (Lipinski definition) is 1. The molecule has 0 aliphatic carbocycles. The van der Waals surface area contributed by atoms with E-state index in [1.54, 1.807) is 49.4 Å². The predicted octanol–water partition coefficient (Wildman–Crippen LogP) is 7.35. The van der Waals surface area contributed by atoms with Gasteiger partial charge in [-0.05, 0) is 79.3 Å². The highest BCUT2D eigenvalue weighted by atomic mass is 32.2. The van der Waals surface area contributed by atoms with Crippen LogP contribution in [0.1, 0.15) is 37.3 Å². The summed E-state index contributed by atoms with van der Waals surface area (Å²) in [5, 5.41) is 10.1. The van der Waals surface area contributed by atoms with Crippen LogP contribution in [0, 0.1) is 6.92 Å². The van der Waals surface area contributed by atoms with E-state index < -0.39 is 27.7 Å². The number of para-hydroxylation sites is 1. The standard InChI is InChI=1S/C29H28F3NO4S/c1-3-21(34)9-7-15-38(35,36)24-12-5-11-23(17-24)37-22-10-4-8-20(16-22)27-19(2)18-33-28-25(27)13-6-14-26(28)29(30,31)32/h4-6,8,10-14,16-18,21,34H,3,7,9,15H2,1-2H3. The molecule has 1 atom stereocenters. The van der Waals surface area contributed by atoms with Crippen LogP contribution in [0.4, 0.5) is 13.2 Å². The van der Waals surface area contributed by atoms with Gasteiger partial charge in [0, 0.05) is 11.6 Å². The summed E-state index contributed by atoms with van der Waals surface area (Å²) in [6.07, 6.45) is -2.31. The lowest BCUT2D eigenvalue weighted by Crippen LogP contribution is -2.11. The molecule has 9 heteroatoms. The summed E-state index contributed by atoms with van der Waals surface area (Å²) in [6.45, 7) is 3.62. The monoisotopic (exact) mass is 543 g/mol. The molecule has 200 valence electrons. The molecule has 0 radical (unpaired) electrons. The number of halogens is 3. The molecule has 1 aromatic heterocycles. The van der Waals surface area contributed by atoms with Gasteiger partial charge in [0.15, 0.2) is 9.84 Å². The van der Waals surface area contributed by atoms with E-state index >= 15 is 0 Å². The molecule has 0 saturated carbocycles. The van der Waals surface area contributed by atoms with Crippen LogP contribution in [0.5, 0.6) is 11.5 Å². The molecule has 0 amide bonds. The SMILES string of the molecule is CCC(O)CCCS(=O)(=O)c1cccc(Oc2cccc(-c3c(C)cnc4c(C(F)(F)F)cccc34)c2)c1. The van der Waals surface area contributed by atoms with Crippen LogP contribution in [0.25, 0.3) is 22.0 Å². The van der Waals surface area contributed by atoms with Crippen molar-refractivity contribution in [2.45, 2.75) is 50.3 Å². The van der Waals surface area contributed by atoms with Crippen molar-refractivity contribution in [2.75, 3.05) is 5.75 Å². The number of nitrogens with zero attached hydrogens (tertiary/aromatic N) is 1. The van der Waals surface area contributed by atoms with E-state index in [0.717, 1.165) is 6.07 Å². The number of sulfone groups is 1. The summed E-state index contributed by atoms with van der Waals surface area (Å²) in [7, 11) is -3.57. The molecular formula is C29H28F3NO4S. The molecular weight excluding hydrogens is 515 g/mol. The number of ether oxygens (including phenoxy) is 1. The van der Waals surface area contributed by atoms with Gasteiger partial charge in [0.05, 0.1) is 27.8 Å². The van der Waals surface area contributed by atoms with E-state index in [1.165, 1.54) is 24.4 Å². The van der Waals surface area contributed by atoms with Crippen LogP contribution in [-0.2, 0) is 16.0 Å². The van der Waals surface area contributed by atoms with E-state index in [4.69, 9.17) is 4.74 Å². The maximum absolute atomic E-state index is 13.6. The summed E-state index contributed by atoms with van der Waals surface area (Å²) < 4.78 is 72.3. The number of aliphatic hydroxyl groups excluding tert-OH is 1. The van der Waals surface area contributed by atoms with Gasteiger partial charge in [-0.2, -0.15) is 13.2 Å². The summed E-state index contributed by atoms with van der Waals surface area (Å²) in [5.74, 6) is 0.629. The van der Waals surface area contributed by atoms with E-state index in [0.29, 0.717) is 52.8 Å². The molecule has 4 aromatic rings. The predicted molar refractivity (Wildman–Crippen MR) is 141 cm³/mol. The minimum Gasteiger partial charge on any atom is -0.457 e. The third-order valence-electron chi connectivity index (χ3n) is 6.34. The van der Waals surface area contributed by atoms with Crippen LogP contribution in [0.3, 0.4) is 0 Å². The zero-order valence-corrected chi connectivity index (χ0v) is 21.8. The second-order valence-electron chi connectivity index (χ2n) is 9.14. The fraction of sp³-hybridized carbons (Fsp3) is 0.276. The van der Waals surface area contributed by atoms with Crippen LogP contribution < -0.4 is 4.74 Å². The highest BCUT2D eigenvalue weighted by molar-refractivity contribution is 7.91. The lowest BCUT2D eigenvalue weighted by Gasteiger charge is -2.15. The number of aryl methyl sites for hydroxylation is 1. The molecule has 0 bridgehead atoms. The fourth-order valence-electron chi connectivity index (χ4n) is 4.35. The number of pyridine rings is 1. The van der Waals surface area contributed by atoms with E-state index in [9.17, 15) is 26.7 Å². The van der Waals surface area contributed by atoms with Gasteiger partial charge in [-0.3, -0.25) is 4.98 Å². The largest absolute Gasteiger partial charge is 0.457 e. The van der Waals surface area contributed by atoms with Gasteiger partial charge in [-0.1, -0.05) is 37.3 Å². The van der Waals surface area contributed by atoms with E-state index in [2.05, 4.69) is 4.98 Å². The Labute approximate surface area is 219 Å². The van der Waals surface area contributed by atoms with Gasteiger partial charge < -0.3 is 9.84 Å². The highest BCUT2D eigenvalue weighted by Gasteiger charge is 2.33. The average molecular weight is 544 g/mol. The number of benzene rings is 3. The fourth-order valence-corrected chi connectivity index (χ4v) is 5.71. The van der Waals surface area contributed by atoms with Gasteiger partial charge in [0.25, 0.3) is 0 Å². The number of alkyl halides is 3. The summed E-state index contributed by atoms with van der Waals surface area (Å²) in [5.41, 5.74) is 1.03. The Morgan fingerprint density at radius 2 is 1.68 bits per heavy atom. The first-order valence-electron chi connectivity index (χ1n) is 12.2. The van der Waals surface area contributed by atoms with Gasteiger partial charge in [0.2, 0.25) is 0 Å². The Hall–Kier alpha value is -3.43. The van der Waals surface area contributed by atoms with Crippen molar-refractivity contribution < 1.29 is 31.4 Å². The summed E-state index contributed by atoms with van der Waals surface area (Å²) in [4.78, 5) is 4.19. The van der Waals surface area contributed by atoms with Crippen LogP contribution >= 0.6 is 0 Å². The zero-order valence-electron chi connectivity index (χ0n) is 21.0. The molecule has 0 fully saturated rings. The topological polar surface area (TPSA) is 76.5 Å². The molecule has 4 rings (SSSR count). The second kappa shape index (κ2) is 11.1. The third kappa shape index (κ3) is 6.16. The lowest BCUT2D eigenvalue weighted by atomic mass is 9.95. The molecule has 1 unspecified atom stereocenters. The van der Waals surface area contributed by atoms with Crippen LogP contribution in [0.2, 0.25) is 0 Å². The van der Waals surface area contributed by atoms with Crippen molar-refractivity contribution in [1.82, 2.24) is 4.98 Å². The molecule has 3 aromatic carbocycles. The van der Waals surface area contributed by atoms with Crippen molar-refractivity contribution in [3.63, 3.8) is 0 Å². The van der Waals surface area contributed by atoms with E-state index in [-0.39, 0.29) is 16.2 Å². The van der Waals surface area contributed by atoms with Crippen LogP contribution in [-0.4, -0.2) is 30.4 Å². The molecule has 0 spiro atoms. The van der Waals surface area contributed by atoms with Crippen molar-refractivity contribution in [3.05, 3.63) is 84.1 Å². The average Bonchev–Trinajstić information content (AvgIpc) is 2.87. The molecule has 1 heterocycles. The number of fused-ring (bicyclic) bond motifs is 1. The third-order valence-corrected chi connectivity index (χ3v) is 8.14. The highest BCUT2D eigenvalue weighted by Crippen LogP contribution is 2.39. The maximum atomic E-state index is 13.6. The number of hydrogen-bond acceptors (Lipinski definition) is 5. The van der Waals surface area contributed by atoms with Gasteiger partial charge >= 0.3 is 6.18 Å². The smallest absolute Gasteiger partial charge is 0.418 e. The molecule has 0 saturated heterocycles. The Morgan fingerprint density at radius 3 is 2.39 bits per heavy atom. The first kappa shape index (κ1) is 27.6. The van der Waals surface area contributed by atoms with Crippen molar-refractivity contribution in [3.8, 4) is 22.6 Å². The normalized spacial score (nSPS) is 13.0. The minimum atomic E-state index is -4.54. The van der Waals surface area contributed by atoms with Gasteiger partial charge in [-0.25, -0.2) is 8.42 Å². The molecule has 0 aliphatic rings. The first-order valence-corrected chi connectivity index (χ1v) is 13.9. The van der Waals surface area contributed by atoms with Crippen molar-refractivity contribution >= 4 is 20.7 Å². The zero-order chi connectivity index (χ0) is 27.5. The Bertz CT molecular complexity index is 1550. The summed E-state index contributed by atoms with van der Waals surface area (Å²) >= 11 is 0. The Kier molecular flexibility index (Phi) is 8.08. The molecule has 1 N–H and O–H groups in total. The van der Waals surface area contributed by atoms with Crippen LogP contribution in [0.15, 0.2) is 77.8 Å². The Balaban J connectivity index is 1.63. The molecule has 38 heavy (non-hydrogen) atoms. The van der Waals surface area contributed by atoms with Gasteiger partial charge in [0.1, 0.15) is 11.5 Å². The minimum absolute atomic E-state index is 0.0860. The second-order valence-corrected chi connectivity index (χ2v) is 11.3. The van der Waals surface area contributed by atoms with Gasteiger partial charge in [-0.15, -0.1) is 0 Å². The number of aromatic nitrogens is 1. The molecule has 0 aliphatic heterocycles. The van der Waals surface area contributed by atoms with E-state index in [1.807, 2.05) is 6.92 Å². The quantitative estimate of drug-likeness (QED) is 0.239. The maximum Gasteiger partial charge on any atom is 0.418 e.